The van der Waals surface area contributed by atoms with Crippen LogP contribution >= 0.6 is 11.3 Å². The molecule has 1 N–H and O–H groups in total. The lowest BCUT2D eigenvalue weighted by Gasteiger charge is -2.19. The number of rotatable bonds is 3. The summed E-state index contributed by atoms with van der Waals surface area (Å²) in [5.41, 5.74) is 6.03. The molecule has 1 aliphatic rings. The monoisotopic (exact) mass is 436 g/mol. The molecular weight excluding hydrogens is 416 g/mol. The van der Waals surface area contributed by atoms with E-state index in [9.17, 15) is 4.79 Å². The number of anilines is 3. The molecule has 6 rings (SSSR count). The molecule has 2 aromatic heterocycles. The largest absolute Gasteiger partial charge is 0.326 e. The van der Waals surface area contributed by atoms with Crippen LogP contribution in [-0.2, 0) is 6.42 Å². The molecule has 0 radical (unpaired) electrons. The minimum absolute atomic E-state index is 0.156. The van der Waals surface area contributed by atoms with Crippen LogP contribution in [0.4, 0.5) is 16.6 Å². The number of hydrogen-bond donors (Lipinski definition) is 1. The third-order valence-electron chi connectivity index (χ3n) is 5.85. The van der Waals surface area contributed by atoms with Crippen LogP contribution in [0.5, 0.6) is 0 Å². The van der Waals surface area contributed by atoms with Crippen LogP contribution in [0, 0.1) is 6.92 Å². The van der Waals surface area contributed by atoms with E-state index in [0.717, 1.165) is 40.2 Å². The van der Waals surface area contributed by atoms with Gasteiger partial charge in [-0.3, -0.25) is 10.1 Å². The van der Waals surface area contributed by atoms with Crippen LogP contribution in [0.2, 0.25) is 0 Å². The summed E-state index contributed by atoms with van der Waals surface area (Å²) in [4.78, 5) is 24.4. The Morgan fingerprint density at radius 1 is 0.969 bits per heavy atom. The number of carbonyl (C=O) groups excluding carboxylic acids is 1. The van der Waals surface area contributed by atoms with Crippen molar-refractivity contribution in [2.45, 2.75) is 13.3 Å². The van der Waals surface area contributed by atoms with Crippen molar-refractivity contribution in [1.82, 2.24) is 9.97 Å². The Bertz CT molecular complexity index is 1460. The predicted octanol–water partition coefficient (Wildman–Crippen LogP) is 6.10. The van der Waals surface area contributed by atoms with Gasteiger partial charge in [-0.2, -0.15) is 0 Å². The highest BCUT2D eigenvalue weighted by molar-refractivity contribution is 7.22. The van der Waals surface area contributed by atoms with Gasteiger partial charge in [-0.1, -0.05) is 35.6 Å². The molecular formula is C26H20N4OS. The first-order chi connectivity index (χ1) is 15.6. The van der Waals surface area contributed by atoms with Gasteiger partial charge in [-0.25, -0.2) is 9.97 Å². The SMILES string of the molecule is Cc1ccc2cc3c(nc2c1)N(c1ccc(C(=O)Nc2nc4ccccc4s2)cc1)CC3. The van der Waals surface area contributed by atoms with E-state index in [1.54, 1.807) is 0 Å². The van der Waals surface area contributed by atoms with Gasteiger partial charge in [0.25, 0.3) is 5.91 Å². The van der Waals surface area contributed by atoms with Crippen LogP contribution in [0.3, 0.4) is 0 Å². The molecule has 6 heteroatoms. The smallest absolute Gasteiger partial charge is 0.257 e. The Morgan fingerprint density at radius 2 is 1.81 bits per heavy atom. The van der Waals surface area contributed by atoms with Gasteiger partial charge in [0.2, 0.25) is 0 Å². The molecule has 0 bridgehead atoms. The third-order valence-corrected chi connectivity index (χ3v) is 6.80. The third kappa shape index (κ3) is 3.29. The molecule has 1 aliphatic heterocycles. The summed E-state index contributed by atoms with van der Waals surface area (Å²) in [6.45, 7) is 2.97. The van der Waals surface area contributed by atoms with Crippen molar-refractivity contribution < 1.29 is 4.79 Å². The molecule has 3 aromatic carbocycles. The zero-order chi connectivity index (χ0) is 21.7. The van der Waals surface area contributed by atoms with Crippen molar-refractivity contribution in [3.63, 3.8) is 0 Å². The summed E-state index contributed by atoms with van der Waals surface area (Å²) in [5.74, 6) is 0.854. The summed E-state index contributed by atoms with van der Waals surface area (Å²) in [6, 6.07) is 24.2. The van der Waals surface area contributed by atoms with E-state index < -0.39 is 0 Å². The first-order valence-corrected chi connectivity index (χ1v) is 11.4. The predicted molar refractivity (Wildman–Crippen MR) is 131 cm³/mol. The molecule has 32 heavy (non-hydrogen) atoms. The van der Waals surface area contributed by atoms with Crippen molar-refractivity contribution in [3.05, 3.63) is 89.5 Å². The number of amides is 1. The number of nitrogens with one attached hydrogen (secondary N) is 1. The number of para-hydroxylation sites is 1. The molecule has 0 saturated heterocycles. The molecule has 5 aromatic rings. The maximum Gasteiger partial charge on any atom is 0.257 e. The van der Waals surface area contributed by atoms with E-state index >= 15 is 0 Å². The number of aromatic nitrogens is 2. The number of benzene rings is 3. The number of fused-ring (bicyclic) bond motifs is 3. The van der Waals surface area contributed by atoms with Gasteiger partial charge in [0.1, 0.15) is 5.82 Å². The van der Waals surface area contributed by atoms with Gasteiger partial charge in [-0.05, 0) is 73.0 Å². The van der Waals surface area contributed by atoms with E-state index in [1.165, 1.54) is 27.8 Å². The van der Waals surface area contributed by atoms with Gasteiger partial charge in [0.15, 0.2) is 5.13 Å². The van der Waals surface area contributed by atoms with Gasteiger partial charge in [0, 0.05) is 23.2 Å². The van der Waals surface area contributed by atoms with Crippen LogP contribution in [0.25, 0.3) is 21.1 Å². The molecule has 0 saturated carbocycles. The van der Waals surface area contributed by atoms with E-state index in [4.69, 9.17) is 4.98 Å². The van der Waals surface area contributed by atoms with Gasteiger partial charge in [-0.15, -0.1) is 0 Å². The van der Waals surface area contributed by atoms with Crippen molar-refractivity contribution >= 4 is 55.0 Å². The second kappa shape index (κ2) is 7.43. The topological polar surface area (TPSA) is 58.1 Å². The Hall–Kier alpha value is -3.77. The number of hydrogen-bond acceptors (Lipinski definition) is 5. The lowest BCUT2D eigenvalue weighted by Crippen LogP contribution is -2.15. The zero-order valence-corrected chi connectivity index (χ0v) is 18.3. The zero-order valence-electron chi connectivity index (χ0n) is 17.5. The van der Waals surface area contributed by atoms with E-state index in [0.29, 0.717) is 10.7 Å². The second-order valence-corrected chi connectivity index (χ2v) is 9.09. The van der Waals surface area contributed by atoms with Crippen LogP contribution in [-0.4, -0.2) is 22.4 Å². The number of pyridine rings is 1. The fourth-order valence-corrected chi connectivity index (χ4v) is 5.07. The van der Waals surface area contributed by atoms with Gasteiger partial charge >= 0.3 is 0 Å². The van der Waals surface area contributed by atoms with Crippen LogP contribution in [0.1, 0.15) is 21.5 Å². The maximum atomic E-state index is 12.7. The number of nitrogens with zero attached hydrogens (tertiary/aromatic N) is 3. The highest BCUT2D eigenvalue weighted by Gasteiger charge is 2.23. The standard InChI is InChI=1S/C26H20N4OS/c1-16-6-7-18-15-19-12-13-30(24(19)27-22(18)14-16)20-10-8-17(9-11-20)25(31)29-26-28-21-4-2-3-5-23(21)32-26/h2-11,14-15H,12-13H2,1H3,(H,28,29,31). The van der Waals surface area contributed by atoms with Crippen LogP contribution < -0.4 is 10.2 Å². The van der Waals surface area contributed by atoms with E-state index in [-0.39, 0.29) is 5.91 Å². The number of carbonyl (C=O) groups is 1. The van der Waals surface area contributed by atoms with E-state index in [1.807, 2.05) is 48.5 Å². The molecule has 0 aliphatic carbocycles. The lowest BCUT2D eigenvalue weighted by molar-refractivity contribution is 0.102. The Balaban J connectivity index is 1.25. The summed E-state index contributed by atoms with van der Waals surface area (Å²) < 4.78 is 1.06. The minimum Gasteiger partial charge on any atom is -0.326 e. The average Bonchev–Trinajstić information content (AvgIpc) is 3.40. The maximum absolute atomic E-state index is 12.7. The molecule has 0 fully saturated rings. The van der Waals surface area contributed by atoms with Crippen LogP contribution in [0.15, 0.2) is 72.8 Å². The molecule has 0 atom stereocenters. The molecule has 156 valence electrons. The molecule has 1 amide bonds. The molecule has 3 heterocycles. The molecule has 5 nitrogen and oxygen atoms in total. The summed E-state index contributed by atoms with van der Waals surface area (Å²) in [5, 5.41) is 4.71. The fraction of sp³-hybridized carbons (Fsp3) is 0.115. The van der Waals surface area contributed by atoms with E-state index in [2.05, 4.69) is 46.4 Å². The minimum atomic E-state index is -0.156. The highest BCUT2D eigenvalue weighted by atomic mass is 32.1. The summed E-state index contributed by atoms with van der Waals surface area (Å²) >= 11 is 1.48. The Morgan fingerprint density at radius 3 is 2.66 bits per heavy atom. The fourth-order valence-electron chi connectivity index (χ4n) is 4.21. The lowest BCUT2D eigenvalue weighted by atomic mass is 10.1. The number of thiazole rings is 1. The first kappa shape index (κ1) is 19.0. The summed E-state index contributed by atoms with van der Waals surface area (Å²) in [7, 11) is 0. The summed E-state index contributed by atoms with van der Waals surface area (Å²) in [6.07, 6.45) is 0.964. The first-order valence-electron chi connectivity index (χ1n) is 10.6. The Kier molecular flexibility index (Phi) is 4.40. The van der Waals surface area contributed by atoms with Crippen molar-refractivity contribution in [2.24, 2.45) is 0 Å². The molecule has 0 unspecified atom stereocenters. The highest BCUT2D eigenvalue weighted by Crippen LogP contribution is 2.35. The quantitative estimate of drug-likeness (QED) is 0.371. The Labute approximate surface area is 189 Å². The molecule has 0 spiro atoms. The van der Waals surface area contributed by atoms with Crippen molar-refractivity contribution in [1.29, 1.82) is 0 Å². The second-order valence-electron chi connectivity index (χ2n) is 8.06. The van der Waals surface area contributed by atoms with Gasteiger partial charge in [0.05, 0.1) is 15.7 Å². The van der Waals surface area contributed by atoms with Crippen molar-refractivity contribution in [2.75, 3.05) is 16.8 Å². The average molecular weight is 437 g/mol. The number of aryl methyl sites for hydroxylation is 1. The van der Waals surface area contributed by atoms with Gasteiger partial charge < -0.3 is 4.90 Å². The normalized spacial score (nSPS) is 13.0. The van der Waals surface area contributed by atoms with Crippen molar-refractivity contribution in [3.8, 4) is 0 Å².